The summed E-state index contributed by atoms with van der Waals surface area (Å²) < 4.78 is 3.55. The van der Waals surface area contributed by atoms with Gasteiger partial charge < -0.3 is 10.0 Å². The molecule has 0 radical (unpaired) electrons. The largest absolute Gasteiger partial charge is 0.390 e. The molecule has 3 heterocycles. The van der Waals surface area contributed by atoms with E-state index in [1.165, 1.54) is 0 Å². The third-order valence-electron chi connectivity index (χ3n) is 5.00. The lowest BCUT2D eigenvalue weighted by Crippen LogP contribution is -2.41. The average molecular weight is 354 g/mol. The molecule has 2 aromatic heterocycles. The highest BCUT2D eigenvalue weighted by Crippen LogP contribution is 2.20. The van der Waals surface area contributed by atoms with Crippen LogP contribution in [0.4, 0.5) is 0 Å². The summed E-state index contributed by atoms with van der Waals surface area (Å²) in [4.78, 5) is 14.6. The van der Waals surface area contributed by atoms with Crippen LogP contribution < -0.4 is 0 Å². The third-order valence-corrected chi connectivity index (χ3v) is 5.00. The van der Waals surface area contributed by atoms with E-state index in [-0.39, 0.29) is 19.1 Å². The minimum atomic E-state index is -0.0882. The molecular weight excluding hydrogens is 332 g/mol. The molecule has 0 saturated carbocycles. The van der Waals surface area contributed by atoms with Gasteiger partial charge >= 0.3 is 0 Å². The van der Waals surface area contributed by atoms with Gasteiger partial charge in [0.05, 0.1) is 24.5 Å². The summed E-state index contributed by atoms with van der Waals surface area (Å²) in [7, 11) is 0. The molecule has 8 heteroatoms. The Labute approximate surface area is 151 Å². The van der Waals surface area contributed by atoms with Crippen LogP contribution in [0.3, 0.4) is 0 Å². The Morgan fingerprint density at radius 3 is 2.81 bits per heavy atom. The van der Waals surface area contributed by atoms with Gasteiger partial charge in [0.25, 0.3) is 0 Å². The third kappa shape index (κ3) is 3.45. The minimum absolute atomic E-state index is 0.0882. The van der Waals surface area contributed by atoms with Gasteiger partial charge in [0.15, 0.2) is 0 Å². The van der Waals surface area contributed by atoms with Gasteiger partial charge in [-0.05, 0) is 24.8 Å². The first-order valence-electron chi connectivity index (χ1n) is 8.91. The van der Waals surface area contributed by atoms with Gasteiger partial charge in [0, 0.05) is 25.0 Å². The first-order chi connectivity index (χ1) is 12.7. The van der Waals surface area contributed by atoms with Crippen molar-refractivity contribution in [3.63, 3.8) is 0 Å². The van der Waals surface area contributed by atoms with Crippen molar-refractivity contribution in [2.75, 3.05) is 13.1 Å². The molecule has 1 saturated heterocycles. The second-order valence-corrected chi connectivity index (χ2v) is 6.78. The van der Waals surface area contributed by atoms with Crippen molar-refractivity contribution < 1.29 is 9.90 Å². The summed E-state index contributed by atoms with van der Waals surface area (Å²) in [6.45, 7) is 2.48. The number of aromatic nitrogens is 5. The van der Waals surface area contributed by atoms with E-state index in [0.29, 0.717) is 11.6 Å². The number of amides is 1. The predicted molar refractivity (Wildman–Crippen MR) is 95.0 cm³/mol. The van der Waals surface area contributed by atoms with Crippen LogP contribution in [-0.2, 0) is 24.5 Å². The molecule has 3 aromatic rings. The summed E-state index contributed by atoms with van der Waals surface area (Å²) >= 11 is 0. The number of aliphatic hydroxyl groups excluding tert-OH is 1. The van der Waals surface area contributed by atoms with E-state index in [4.69, 9.17) is 5.11 Å². The number of para-hydroxylation sites is 1. The number of hydrogen-bond acceptors (Lipinski definition) is 5. The van der Waals surface area contributed by atoms with Crippen LogP contribution in [0.2, 0.25) is 0 Å². The van der Waals surface area contributed by atoms with Crippen LogP contribution in [0.25, 0.3) is 10.9 Å². The Morgan fingerprint density at radius 1 is 1.23 bits per heavy atom. The first-order valence-corrected chi connectivity index (χ1v) is 8.91. The van der Waals surface area contributed by atoms with E-state index in [2.05, 4.69) is 15.4 Å². The van der Waals surface area contributed by atoms with Crippen molar-refractivity contribution in [3.8, 4) is 0 Å². The minimum Gasteiger partial charge on any atom is -0.390 e. The summed E-state index contributed by atoms with van der Waals surface area (Å²) in [6.07, 6.45) is 5.47. The standard InChI is InChI=1S/C18H22N6O2/c25-13-16-11-23(21-20-16)10-14-5-7-22(8-6-14)18(26)12-24-17-4-2-1-3-15(17)9-19-24/h1-4,9,11,14,25H,5-8,10,12-13H2. The Balaban J connectivity index is 1.32. The molecule has 1 aliphatic rings. The zero-order valence-electron chi connectivity index (χ0n) is 14.5. The Kier molecular flexibility index (Phi) is 4.66. The maximum absolute atomic E-state index is 12.6. The molecule has 1 amide bonds. The number of likely N-dealkylation sites (tertiary alicyclic amines) is 1. The van der Waals surface area contributed by atoms with Crippen molar-refractivity contribution in [1.29, 1.82) is 0 Å². The Hall–Kier alpha value is -2.74. The van der Waals surface area contributed by atoms with Crippen LogP contribution in [0.5, 0.6) is 0 Å². The van der Waals surface area contributed by atoms with E-state index in [1.54, 1.807) is 21.8 Å². The molecule has 1 fully saturated rings. The second kappa shape index (κ2) is 7.25. The van der Waals surface area contributed by atoms with Crippen LogP contribution in [0, 0.1) is 5.92 Å². The second-order valence-electron chi connectivity index (χ2n) is 6.78. The fourth-order valence-corrected chi connectivity index (χ4v) is 3.51. The smallest absolute Gasteiger partial charge is 0.244 e. The lowest BCUT2D eigenvalue weighted by Gasteiger charge is -2.32. The molecule has 8 nitrogen and oxygen atoms in total. The molecule has 0 bridgehead atoms. The summed E-state index contributed by atoms with van der Waals surface area (Å²) in [5.74, 6) is 0.582. The highest BCUT2D eigenvalue weighted by Gasteiger charge is 2.24. The lowest BCUT2D eigenvalue weighted by molar-refractivity contribution is -0.133. The van der Waals surface area contributed by atoms with Gasteiger partial charge in [-0.2, -0.15) is 5.10 Å². The van der Waals surface area contributed by atoms with E-state index in [9.17, 15) is 4.79 Å². The molecular formula is C18H22N6O2. The topological polar surface area (TPSA) is 89.1 Å². The van der Waals surface area contributed by atoms with Crippen molar-refractivity contribution in [2.45, 2.75) is 32.5 Å². The summed E-state index contributed by atoms with van der Waals surface area (Å²) in [5.41, 5.74) is 1.57. The van der Waals surface area contributed by atoms with E-state index >= 15 is 0 Å². The number of piperidine rings is 1. The molecule has 0 unspecified atom stereocenters. The maximum atomic E-state index is 12.6. The van der Waals surface area contributed by atoms with Gasteiger partial charge in [0.1, 0.15) is 12.2 Å². The number of benzene rings is 1. The lowest BCUT2D eigenvalue weighted by atomic mass is 9.97. The van der Waals surface area contributed by atoms with Gasteiger partial charge in [0.2, 0.25) is 5.91 Å². The van der Waals surface area contributed by atoms with Crippen molar-refractivity contribution in [2.24, 2.45) is 5.92 Å². The molecule has 136 valence electrons. The van der Waals surface area contributed by atoms with Crippen molar-refractivity contribution in [1.82, 2.24) is 29.7 Å². The zero-order valence-corrected chi connectivity index (χ0v) is 14.5. The van der Waals surface area contributed by atoms with Crippen LogP contribution in [0.15, 0.2) is 36.7 Å². The number of nitrogens with zero attached hydrogens (tertiary/aromatic N) is 6. The maximum Gasteiger partial charge on any atom is 0.244 e. The van der Waals surface area contributed by atoms with Crippen LogP contribution in [-0.4, -0.2) is 53.8 Å². The molecule has 4 rings (SSSR count). The van der Waals surface area contributed by atoms with Crippen molar-refractivity contribution >= 4 is 16.8 Å². The summed E-state index contributed by atoms with van der Waals surface area (Å²) in [6, 6.07) is 7.92. The number of rotatable bonds is 5. The molecule has 0 spiro atoms. The number of carbonyl (C=O) groups excluding carboxylic acids is 1. The van der Waals surface area contributed by atoms with Crippen LogP contribution >= 0.6 is 0 Å². The Morgan fingerprint density at radius 2 is 2.04 bits per heavy atom. The zero-order chi connectivity index (χ0) is 17.9. The van der Waals surface area contributed by atoms with E-state index in [0.717, 1.165) is 43.4 Å². The monoisotopic (exact) mass is 354 g/mol. The van der Waals surface area contributed by atoms with E-state index < -0.39 is 0 Å². The highest BCUT2D eigenvalue weighted by atomic mass is 16.3. The molecule has 26 heavy (non-hydrogen) atoms. The average Bonchev–Trinajstić information content (AvgIpc) is 3.29. The Bertz CT molecular complexity index is 894. The molecule has 1 aromatic carbocycles. The van der Waals surface area contributed by atoms with Gasteiger partial charge in [-0.25, -0.2) is 0 Å². The number of aliphatic hydroxyl groups is 1. The highest BCUT2D eigenvalue weighted by molar-refractivity contribution is 5.82. The molecule has 0 atom stereocenters. The summed E-state index contributed by atoms with van der Waals surface area (Å²) in [5, 5.41) is 22.4. The fraction of sp³-hybridized carbons (Fsp3) is 0.444. The molecule has 0 aliphatic carbocycles. The normalized spacial score (nSPS) is 15.7. The quantitative estimate of drug-likeness (QED) is 0.740. The number of fused-ring (bicyclic) bond motifs is 1. The van der Waals surface area contributed by atoms with Gasteiger partial charge in [-0.15, -0.1) is 5.10 Å². The van der Waals surface area contributed by atoms with Gasteiger partial charge in [-0.3, -0.25) is 14.2 Å². The number of carbonyl (C=O) groups is 1. The predicted octanol–water partition coefficient (Wildman–Crippen LogP) is 1.06. The van der Waals surface area contributed by atoms with Crippen LogP contribution in [0.1, 0.15) is 18.5 Å². The molecule has 1 aliphatic heterocycles. The van der Waals surface area contributed by atoms with E-state index in [1.807, 2.05) is 29.2 Å². The van der Waals surface area contributed by atoms with Crippen molar-refractivity contribution in [3.05, 3.63) is 42.4 Å². The number of hydrogen-bond donors (Lipinski definition) is 1. The fourth-order valence-electron chi connectivity index (χ4n) is 3.51. The van der Waals surface area contributed by atoms with Gasteiger partial charge in [-0.1, -0.05) is 23.4 Å². The molecule has 1 N–H and O–H groups in total. The SMILES string of the molecule is O=C(Cn1ncc2ccccc21)N1CCC(Cn2cc(CO)nn2)CC1. The first kappa shape index (κ1) is 16.7.